The number of carbonyl (C=O) groups excluding carboxylic acids is 1. The number of nitrogens with two attached hydrogens (primary N) is 2. The molecule has 0 atom stereocenters. The number of nitrogens with zero attached hydrogens (tertiary/aromatic N) is 3. The standard InChI is InChI=1S/C22H21FN6O.CH4S/c1-11(25)13-3-4-19(27-9-13)21-16-10-29(12(2)30)6-5-14(16)20-15(8-24)18(26)7-17(23)22(20)28-21;1-2/h3-4,7-9,24H,1,5-6,10,25-26H2,2H3;2H,1H3. The second kappa shape index (κ2) is 9.35. The number of pyridine rings is 2. The van der Waals surface area contributed by atoms with Crippen LogP contribution in [0.25, 0.3) is 28.0 Å². The van der Waals surface area contributed by atoms with Gasteiger partial charge in [-0.05, 0) is 36.4 Å². The van der Waals surface area contributed by atoms with E-state index in [4.69, 9.17) is 16.9 Å². The van der Waals surface area contributed by atoms with Crippen molar-refractivity contribution in [2.24, 2.45) is 5.73 Å². The Morgan fingerprint density at radius 3 is 2.62 bits per heavy atom. The number of thiol groups is 1. The third kappa shape index (κ3) is 4.03. The number of aromatic nitrogens is 2. The molecular formula is C23H25FN6OS. The van der Waals surface area contributed by atoms with Crippen LogP contribution in [-0.2, 0) is 17.8 Å². The van der Waals surface area contributed by atoms with Gasteiger partial charge in [0.15, 0.2) is 5.82 Å². The van der Waals surface area contributed by atoms with Crippen molar-refractivity contribution in [1.29, 1.82) is 5.41 Å². The van der Waals surface area contributed by atoms with Crippen molar-refractivity contribution in [3.8, 4) is 11.4 Å². The van der Waals surface area contributed by atoms with E-state index < -0.39 is 5.82 Å². The molecule has 7 nitrogen and oxygen atoms in total. The molecule has 3 aromatic rings. The first kappa shape index (κ1) is 23.2. The van der Waals surface area contributed by atoms with Gasteiger partial charge in [0.25, 0.3) is 0 Å². The molecule has 1 aliphatic heterocycles. The Balaban J connectivity index is 0.00000141. The number of fused-ring (bicyclic) bond motifs is 3. The molecule has 5 N–H and O–H groups in total. The van der Waals surface area contributed by atoms with Gasteiger partial charge in [0.05, 0.1) is 11.4 Å². The van der Waals surface area contributed by atoms with Crippen LogP contribution in [0.3, 0.4) is 0 Å². The van der Waals surface area contributed by atoms with Crippen LogP contribution in [0.15, 0.2) is 31.0 Å². The van der Waals surface area contributed by atoms with E-state index in [-0.39, 0.29) is 17.1 Å². The zero-order valence-corrected chi connectivity index (χ0v) is 18.8. The highest BCUT2D eigenvalue weighted by Crippen LogP contribution is 2.37. The zero-order chi connectivity index (χ0) is 23.6. The fourth-order valence-corrected chi connectivity index (χ4v) is 3.88. The average Bonchev–Trinajstić information content (AvgIpc) is 2.79. The number of hydrogen-bond donors (Lipinski definition) is 4. The lowest BCUT2D eigenvalue weighted by Crippen LogP contribution is -2.35. The Labute approximate surface area is 191 Å². The summed E-state index contributed by atoms with van der Waals surface area (Å²) >= 11 is 3.53. The molecule has 9 heteroatoms. The Hall–Kier alpha value is -3.46. The first-order valence-corrected chi connectivity index (χ1v) is 10.8. The number of anilines is 1. The minimum atomic E-state index is -0.557. The van der Waals surface area contributed by atoms with Gasteiger partial charge in [0.1, 0.15) is 5.52 Å². The number of carbonyl (C=O) groups is 1. The van der Waals surface area contributed by atoms with Gasteiger partial charge in [0.2, 0.25) is 5.91 Å². The fourth-order valence-electron chi connectivity index (χ4n) is 3.88. The number of rotatable bonds is 3. The highest BCUT2D eigenvalue weighted by atomic mass is 32.1. The summed E-state index contributed by atoms with van der Waals surface area (Å²) in [6, 6.07) is 4.71. The highest BCUT2D eigenvalue weighted by molar-refractivity contribution is 7.79. The molecule has 0 bridgehead atoms. The van der Waals surface area contributed by atoms with Crippen LogP contribution >= 0.6 is 12.6 Å². The highest BCUT2D eigenvalue weighted by Gasteiger charge is 2.27. The van der Waals surface area contributed by atoms with Gasteiger partial charge < -0.3 is 21.8 Å². The molecule has 166 valence electrons. The lowest BCUT2D eigenvalue weighted by Gasteiger charge is -2.30. The van der Waals surface area contributed by atoms with Crippen molar-refractivity contribution in [1.82, 2.24) is 14.9 Å². The summed E-state index contributed by atoms with van der Waals surface area (Å²) < 4.78 is 14.9. The number of halogens is 1. The summed E-state index contributed by atoms with van der Waals surface area (Å²) in [5.74, 6) is -0.612. The summed E-state index contributed by atoms with van der Waals surface area (Å²) in [5.41, 5.74) is 16.2. The maximum atomic E-state index is 14.9. The molecule has 0 aliphatic carbocycles. The predicted molar refractivity (Wildman–Crippen MR) is 130 cm³/mol. The molecule has 4 rings (SSSR count). The van der Waals surface area contributed by atoms with E-state index in [9.17, 15) is 9.18 Å². The van der Waals surface area contributed by atoms with Gasteiger partial charge >= 0.3 is 0 Å². The maximum absolute atomic E-state index is 14.9. The summed E-state index contributed by atoms with van der Waals surface area (Å²) in [7, 11) is 0. The lowest BCUT2D eigenvalue weighted by atomic mass is 9.90. The van der Waals surface area contributed by atoms with Crippen LogP contribution in [0.1, 0.15) is 29.2 Å². The van der Waals surface area contributed by atoms with Crippen molar-refractivity contribution in [2.75, 3.05) is 18.5 Å². The molecule has 0 saturated heterocycles. The first-order valence-electron chi connectivity index (χ1n) is 9.87. The van der Waals surface area contributed by atoms with E-state index >= 15 is 0 Å². The summed E-state index contributed by atoms with van der Waals surface area (Å²) in [4.78, 5) is 22.8. The first-order chi connectivity index (χ1) is 15.3. The van der Waals surface area contributed by atoms with E-state index in [1.807, 2.05) is 0 Å². The van der Waals surface area contributed by atoms with Crippen LogP contribution in [0.5, 0.6) is 0 Å². The number of hydrogen-bond acceptors (Lipinski definition) is 7. The van der Waals surface area contributed by atoms with Crippen molar-refractivity contribution < 1.29 is 9.18 Å². The maximum Gasteiger partial charge on any atom is 0.219 e. The number of amides is 1. The van der Waals surface area contributed by atoms with Crippen molar-refractivity contribution in [3.63, 3.8) is 0 Å². The SMILES string of the molecule is C=C(N)c1ccc(-c2nc3c(F)cc(N)c(C=N)c3c3c2CN(C(C)=O)CC3)nc1.CS. The van der Waals surface area contributed by atoms with Crippen LogP contribution in [0, 0.1) is 11.2 Å². The minimum absolute atomic E-state index is 0.0551. The van der Waals surface area contributed by atoms with Crippen LogP contribution in [0.2, 0.25) is 0 Å². The largest absolute Gasteiger partial charge is 0.399 e. The van der Waals surface area contributed by atoms with Crippen molar-refractivity contribution in [3.05, 3.63) is 59.0 Å². The van der Waals surface area contributed by atoms with Crippen LogP contribution < -0.4 is 11.5 Å². The van der Waals surface area contributed by atoms with Crippen molar-refractivity contribution >= 4 is 47.0 Å². The lowest BCUT2D eigenvalue weighted by molar-refractivity contribution is -0.129. The van der Waals surface area contributed by atoms with E-state index in [0.717, 1.165) is 17.3 Å². The van der Waals surface area contributed by atoms with E-state index in [0.29, 0.717) is 53.1 Å². The molecule has 0 saturated carbocycles. The molecule has 0 spiro atoms. The third-order valence-electron chi connectivity index (χ3n) is 5.45. The molecule has 1 aromatic carbocycles. The monoisotopic (exact) mass is 452 g/mol. The topological polar surface area (TPSA) is 122 Å². The second-order valence-electron chi connectivity index (χ2n) is 7.29. The quantitative estimate of drug-likeness (QED) is 0.276. The van der Waals surface area contributed by atoms with Gasteiger partial charge in [-0.15, -0.1) is 0 Å². The van der Waals surface area contributed by atoms with Gasteiger partial charge in [-0.1, -0.05) is 6.58 Å². The van der Waals surface area contributed by atoms with Crippen LogP contribution in [0.4, 0.5) is 10.1 Å². The molecule has 32 heavy (non-hydrogen) atoms. The molecular weight excluding hydrogens is 427 g/mol. The van der Waals surface area contributed by atoms with E-state index in [1.54, 1.807) is 29.5 Å². The second-order valence-corrected chi connectivity index (χ2v) is 7.29. The molecule has 0 fully saturated rings. The van der Waals surface area contributed by atoms with E-state index in [2.05, 4.69) is 29.2 Å². The van der Waals surface area contributed by atoms with Gasteiger partial charge in [-0.3, -0.25) is 9.78 Å². The van der Waals surface area contributed by atoms with Crippen molar-refractivity contribution in [2.45, 2.75) is 19.9 Å². The summed E-state index contributed by atoms with van der Waals surface area (Å²) in [6.45, 7) is 6.03. The minimum Gasteiger partial charge on any atom is -0.399 e. The summed E-state index contributed by atoms with van der Waals surface area (Å²) in [6.07, 6.45) is 4.90. The molecule has 1 aliphatic rings. The molecule has 0 unspecified atom stereocenters. The Bertz CT molecular complexity index is 1230. The van der Waals surface area contributed by atoms with Gasteiger partial charge in [-0.2, -0.15) is 12.6 Å². The van der Waals surface area contributed by atoms with Crippen LogP contribution in [-0.4, -0.2) is 39.8 Å². The van der Waals surface area contributed by atoms with Gasteiger partial charge in [-0.25, -0.2) is 9.37 Å². The molecule has 1 amide bonds. The van der Waals surface area contributed by atoms with Gasteiger partial charge in [0, 0.05) is 65.9 Å². The number of nitrogen functional groups attached to an aromatic ring is 1. The smallest absolute Gasteiger partial charge is 0.219 e. The molecule has 2 aromatic heterocycles. The fraction of sp³-hybridized carbons (Fsp3) is 0.217. The van der Waals surface area contributed by atoms with E-state index in [1.165, 1.54) is 13.0 Å². The predicted octanol–water partition coefficient (Wildman–Crippen LogP) is 3.40. The Kier molecular flexibility index (Phi) is 6.78. The number of nitrogens with one attached hydrogen (secondary N) is 1. The number of benzene rings is 1. The average molecular weight is 453 g/mol. The normalized spacial score (nSPS) is 12.6. The third-order valence-corrected chi connectivity index (χ3v) is 5.45. The molecule has 0 radical (unpaired) electrons. The Morgan fingerprint density at radius 2 is 2.06 bits per heavy atom. The Morgan fingerprint density at radius 1 is 1.34 bits per heavy atom. The summed E-state index contributed by atoms with van der Waals surface area (Å²) in [5, 5.41) is 8.32. The molecule has 3 heterocycles. The zero-order valence-electron chi connectivity index (χ0n) is 17.9.